The quantitative estimate of drug-likeness (QED) is 0.321. The van der Waals surface area contributed by atoms with Gasteiger partial charge in [0.25, 0.3) is 0 Å². The summed E-state index contributed by atoms with van der Waals surface area (Å²) < 4.78 is 18.8. The van der Waals surface area contributed by atoms with Crippen LogP contribution in [-0.4, -0.2) is 29.7 Å². The lowest BCUT2D eigenvalue weighted by Crippen LogP contribution is -2.07. The molecule has 162 valence electrons. The first-order valence-corrected chi connectivity index (χ1v) is 10.8. The number of hydrogen-bond donors (Lipinski definition) is 0. The Labute approximate surface area is 189 Å². The van der Waals surface area contributed by atoms with Crippen molar-refractivity contribution in [2.45, 2.75) is 20.5 Å². The van der Waals surface area contributed by atoms with Crippen molar-refractivity contribution in [1.29, 1.82) is 0 Å². The summed E-state index contributed by atoms with van der Waals surface area (Å²) in [6.07, 6.45) is 2.88. The van der Waals surface area contributed by atoms with Gasteiger partial charge in [-0.15, -0.1) is 0 Å². The first-order valence-electron chi connectivity index (χ1n) is 9.96. The molecule has 0 atom stereocenters. The van der Waals surface area contributed by atoms with Crippen LogP contribution in [0.1, 0.15) is 35.5 Å². The Morgan fingerprint density at radius 2 is 1.77 bits per heavy atom. The second-order valence-corrected chi connectivity index (χ2v) is 7.55. The Balaban J connectivity index is 2.07. The molecule has 1 aromatic heterocycles. The molecular formula is C24H24BrNO5. The zero-order valence-corrected chi connectivity index (χ0v) is 19.3. The number of esters is 2. The summed E-state index contributed by atoms with van der Waals surface area (Å²) in [6, 6.07) is 13.5. The van der Waals surface area contributed by atoms with Crippen molar-refractivity contribution in [3.63, 3.8) is 0 Å². The van der Waals surface area contributed by atoms with Crippen molar-refractivity contribution in [2.24, 2.45) is 7.05 Å². The molecule has 31 heavy (non-hydrogen) atoms. The van der Waals surface area contributed by atoms with Crippen LogP contribution in [0.4, 0.5) is 0 Å². The molecule has 0 aliphatic rings. The van der Waals surface area contributed by atoms with E-state index < -0.39 is 11.9 Å². The third-order valence-electron chi connectivity index (χ3n) is 4.68. The van der Waals surface area contributed by atoms with E-state index in [2.05, 4.69) is 15.9 Å². The molecule has 6 nitrogen and oxygen atoms in total. The number of fused-ring (bicyclic) bond motifs is 1. The normalized spacial score (nSPS) is 11.1. The SMILES string of the molecule is CCOC(=O)/C=C/c1c(C(=O)OCC)c2cc(OCc3ccccc3)c(Br)cc2n1C. The molecule has 0 amide bonds. The average Bonchev–Trinajstić information content (AvgIpc) is 3.02. The van der Waals surface area contributed by atoms with Crippen molar-refractivity contribution >= 4 is 44.8 Å². The highest BCUT2D eigenvalue weighted by Gasteiger charge is 2.23. The fourth-order valence-corrected chi connectivity index (χ4v) is 3.70. The summed E-state index contributed by atoms with van der Waals surface area (Å²) in [7, 11) is 1.83. The van der Waals surface area contributed by atoms with Crippen molar-refractivity contribution in [2.75, 3.05) is 13.2 Å². The number of hydrogen-bond acceptors (Lipinski definition) is 5. The molecule has 0 spiro atoms. The molecule has 7 heteroatoms. The van der Waals surface area contributed by atoms with Gasteiger partial charge < -0.3 is 18.8 Å². The van der Waals surface area contributed by atoms with E-state index in [0.717, 1.165) is 15.6 Å². The minimum absolute atomic E-state index is 0.240. The number of aryl methyl sites for hydroxylation is 1. The highest BCUT2D eigenvalue weighted by Crippen LogP contribution is 2.36. The minimum atomic E-state index is -0.476. The molecule has 3 aromatic rings. The van der Waals surface area contributed by atoms with Gasteiger partial charge in [-0.1, -0.05) is 30.3 Å². The molecule has 2 aromatic carbocycles. The fourth-order valence-electron chi connectivity index (χ4n) is 3.25. The monoisotopic (exact) mass is 485 g/mol. The van der Waals surface area contributed by atoms with Crippen molar-refractivity contribution in [3.05, 3.63) is 69.8 Å². The first-order chi connectivity index (χ1) is 15.0. The molecule has 0 fully saturated rings. The lowest BCUT2D eigenvalue weighted by molar-refractivity contribution is -0.137. The van der Waals surface area contributed by atoms with Gasteiger partial charge in [-0.25, -0.2) is 9.59 Å². The van der Waals surface area contributed by atoms with Crippen molar-refractivity contribution < 1.29 is 23.8 Å². The van der Waals surface area contributed by atoms with Gasteiger partial charge in [-0.3, -0.25) is 0 Å². The number of nitrogens with zero attached hydrogens (tertiary/aromatic N) is 1. The first kappa shape index (κ1) is 22.6. The molecule has 0 saturated carbocycles. The van der Waals surface area contributed by atoms with Gasteiger partial charge in [0, 0.05) is 18.5 Å². The van der Waals surface area contributed by atoms with Crippen LogP contribution in [0.5, 0.6) is 5.75 Å². The number of rotatable bonds is 8. The van der Waals surface area contributed by atoms with E-state index in [1.54, 1.807) is 19.9 Å². The highest BCUT2D eigenvalue weighted by molar-refractivity contribution is 9.10. The van der Waals surface area contributed by atoms with E-state index in [0.29, 0.717) is 29.0 Å². The number of carbonyl (C=O) groups excluding carboxylic acids is 2. The van der Waals surface area contributed by atoms with Gasteiger partial charge >= 0.3 is 11.9 Å². The third-order valence-corrected chi connectivity index (χ3v) is 5.30. The molecule has 0 saturated heterocycles. The molecule has 0 bridgehead atoms. The highest BCUT2D eigenvalue weighted by atomic mass is 79.9. The minimum Gasteiger partial charge on any atom is -0.488 e. The Morgan fingerprint density at radius 3 is 2.45 bits per heavy atom. The standard InChI is InChI=1S/C24H24BrNO5/c1-4-29-22(27)12-11-19-23(24(28)30-5-2)17-13-21(18(25)14-20(17)26(19)3)31-15-16-9-7-6-8-10-16/h6-14H,4-5,15H2,1-3H3/b12-11+. The molecular weight excluding hydrogens is 462 g/mol. The molecule has 1 heterocycles. The summed E-state index contributed by atoms with van der Waals surface area (Å²) in [5.74, 6) is -0.336. The summed E-state index contributed by atoms with van der Waals surface area (Å²) in [6.45, 7) is 4.40. The summed E-state index contributed by atoms with van der Waals surface area (Å²) in [4.78, 5) is 24.6. The van der Waals surface area contributed by atoms with Gasteiger partial charge in [0.1, 0.15) is 12.4 Å². The Morgan fingerprint density at radius 1 is 1.06 bits per heavy atom. The topological polar surface area (TPSA) is 66.8 Å². The van der Waals surface area contributed by atoms with Crippen LogP contribution >= 0.6 is 15.9 Å². The lowest BCUT2D eigenvalue weighted by Gasteiger charge is -2.09. The Hall–Kier alpha value is -3.06. The zero-order chi connectivity index (χ0) is 22.4. The molecule has 0 unspecified atom stereocenters. The van der Waals surface area contributed by atoms with Gasteiger partial charge in [-0.05, 0) is 53.5 Å². The number of halogens is 1. The van der Waals surface area contributed by atoms with Crippen LogP contribution in [0.3, 0.4) is 0 Å². The molecule has 3 rings (SSSR count). The lowest BCUT2D eigenvalue weighted by atomic mass is 10.1. The van der Waals surface area contributed by atoms with Crippen molar-refractivity contribution in [3.8, 4) is 5.75 Å². The number of benzene rings is 2. The maximum absolute atomic E-state index is 12.8. The van der Waals surface area contributed by atoms with Crippen LogP contribution in [0.2, 0.25) is 0 Å². The van der Waals surface area contributed by atoms with Crippen LogP contribution in [0.15, 0.2) is 53.0 Å². The van der Waals surface area contributed by atoms with Gasteiger partial charge in [0.2, 0.25) is 0 Å². The maximum atomic E-state index is 12.8. The van der Waals surface area contributed by atoms with E-state index >= 15 is 0 Å². The van der Waals surface area contributed by atoms with E-state index in [4.69, 9.17) is 14.2 Å². The van der Waals surface area contributed by atoms with E-state index in [9.17, 15) is 9.59 Å². The number of ether oxygens (including phenoxy) is 3. The van der Waals surface area contributed by atoms with Gasteiger partial charge in [0.15, 0.2) is 0 Å². The van der Waals surface area contributed by atoms with E-state index in [1.165, 1.54) is 6.08 Å². The van der Waals surface area contributed by atoms with Crippen LogP contribution in [0, 0.1) is 0 Å². The molecule has 0 N–H and O–H groups in total. The number of carbonyl (C=O) groups is 2. The Bertz CT molecular complexity index is 1120. The van der Waals surface area contributed by atoms with Crippen LogP contribution < -0.4 is 4.74 Å². The summed E-state index contributed by atoms with van der Waals surface area (Å²) in [5, 5.41) is 0.677. The van der Waals surface area contributed by atoms with E-state index in [-0.39, 0.29) is 13.2 Å². The molecule has 0 aliphatic heterocycles. The van der Waals surface area contributed by atoms with E-state index in [1.807, 2.05) is 54.1 Å². The third kappa shape index (κ3) is 5.17. The molecule has 0 aliphatic carbocycles. The predicted molar refractivity (Wildman–Crippen MR) is 123 cm³/mol. The molecule has 0 radical (unpaired) electrons. The predicted octanol–water partition coefficient (Wildman–Crippen LogP) is 5.27. The fraction of sp³-hybridized carbons (Fsp3) is 0.250. The smallest absolute Gasteiger partial charge is 0.340 e. The largest absolute Gasteiger partial charge is 0.488 e. The maximum Gasteiger partial charge on any atom is 0.340 e. The van der Waals surface area contributed by atoms with Gasteiger partial charge in [-0.2, -0.15) is 0 Å². The zero-order valence-electron chi connectivity index (χ0n) is 17.7. The average molecular weight is 486 g/mol. The second kappa shape index (κ2) is 10.3. The van der Waals surface area contributed by atoms with Gasteiger partial charge in [0.05, 0.1) is 34.5 Å². The summed E-state index contributed by atoms with van der Waals surface area (Å²) >= 11 is 3.56. The van der Waals surface area contributed by atoms with Crippen molar-refractivity contribution in [1.82, 2.24) is 4.57 Å². The Kier molecular flexibility index (Phi) is 7.52. The van der Waals surface area contributed by atoms with Crippen LogP contribution in [0.25, 0.3) is 17.0 Å². The second-order valence-electron chi connectivity index (χ2n) is 6.70. The van der Waals surface area contributed by atoms with Crippen LogP contribution in [-0.2, 0) is 27.9 Å². The number of aromatic nitrogens is 1. The summed E-state index contributed by atoms with van der Waals surface area (Å²) in [5.41, 5.74) is 2.75.